The van der Waals surface area contributed by atoms with Gasteiger partial charge >= 0.3 is 0 Å². The van der Waals surface area contributed by atoms with Crippen molar-refractivity contribution in [2.45, 2.75) is 72.1 Å². The van der Waals surface area contributed by atoms with Crippen molar-refractivity contribution >= 4 is 0 Å². The molecule has 0 heterocycles. The normalized spacial score (nSPS) is 17.0. The van der Waals surface area contributed by atoms with Crippen LogP contribution in [0.15, 0.2) is 0 Å². The van der Waals surface area contributed by atoms with Crippen molar-refractivity contribution < 1.29 is 0 Å². The lowest BCUT2D eigenvalue weighted by molar-refractivity contribution is 0.504. The highest BCUT2D eigenvalue weighted by Gasteiger charge is 1.95. The topological polar surface area (TPSA) is 0 Å². The second kappa shape index (κ2) is 9.09. The zero-order valence-electron chi connectivity index (χ0n) is 9.23. The van der Waals surface area contributed by atoms with E-state index in [1.807, 2.05) is 0 Å². The van der Waals surface area contributed by atoms with Gasteiger partial charge < -0.3 is 0 Å². The summed E-state index contributed by atoms with van der Waals surface area (Å²) in [5.41, 5.74) is 0. The number of hydrogen-bond donors (Lipinski definition) is 0. The molecule has 0 atom stereocenters. The van der Waals surface area contributed by atoms with E-state index < -0.39 is 0 Å². The Hall–Kier alpha value is 0. The Balaban J connectivity index is 0.000000202. The van der Waals surface area contributed by atoms with E-state index in [2.05, 4.69) is 20.8 Å². The maximum Gasteiger partial charge on any atom is -0.0471 e. The van der Waals surface area contributed by atoms with Crippen molar-refractivity contribution in [1.29, 1.82) is 0 Å². The maximum atomic E-state index is 2.25. The van der Waals surface area contributed by atoms with Crippen LogP contribution in [-0.4, -0.2) is 0 Å². The summed E-state index contributed by atoms with van der Waals surface area (Å²) in [5, 5.41) is 0. The largest absolute Gasteiger partial charge is 0.0654 e. The van der Waals surface area contributed by atoms with E-state index in [9.17, 15) is 0 Å². The number of hydrogen-bond acceptors (Lipinski definition) is 0. The van der Waals surface area contributed by atoms with Gasteiger partial charge in [0.25, 0.3) is 0 Å². The standard InChI is InChI=1S/C6H12.C6H14/c1-2-4-6-5-3-1;1-4-5-6(2)3/h1-6H2;6H,4-5H2,1-3H3. The van der Waals surface area contributed by atoms with Gasteiger partial charge in [-0.05, 0) is 5.92 Å². The minimum atomic E-state index is 0.898. The third-order valence-electron chi connectivity index (χ3n) is 2.37. The summed E-state index contributed by atoms with van der Waals surface area (Å²) in [6, 6.07) is 0. The van der Waals surface area contributed by atoms with E-state index in [-0.39, 0.29) is 0 Å². The van der Waals surface area contributed by atoms with Crippen LogP contribution in [0.4, 0.5) is 0 Å². The summed E-state index contributed by atoms with van der Waals surface area (Å²) in [7, 11) is 0. The highest BCUT2D eigenvalue weighted by molar-refractivity contribution is 4.51. The first-order chi connectivity index (χ1) is 5.77. The van der Waals surface area contributed by atoms with Crippen LogP contribution >= 0.6 is 0 Å². The highest BCUT2D eigenvalue weighted by atomic mass is 14.0. The molecule has 0 spiro atoms. The van der Waals surface area contributed by atoms with Gasteiger partial charge in [0.2, 0.25) is 0 Å². The minimum Gasteiger partial charge on any atom is -0.0654 e. The third-order valence-corrected chi connectivity index (χ3v) is 2.37. The average Bonchev–Trinajstić information content (AvgIpc) is 2.08. The highest BCUT2D eigenvalue weighted by Crippen LogP contribution is 2.15. The smallest absolute Gasteiger partial charge is 0.0471 e. The molecule has 0 aliphatic heterocycles. The van der Waals surface area contributed by atoms with Crippen LogP contribution in [0, 0.1) is 5.92 Å². The first-order valence-corrected chi connectivity index (χ1v) is 5.77. The lowest BCUT2D eigenvalue weighted by Gasteiger charge is -2.05. The van der Waals surface area contributed by atoms with Crippen LogP contribution in [0.25, 0.3) is 0 Å². The Morgan fingerprint density at radius 3 is 1.25 bits per heavy atom. The van der Waals surface area contributed by atoms with Gasteiger partial charge in [-0.15, -0.1) is 0 Å². The SMILES string of the molecule is C1CCCCC1.CCCC(C)C. The predicted octanol–water partition coefficient (Wildman–Crippen LogP) is 4.78. The molecule has 0 heteroatoms. The zero-order valence-corrected chi connectivity index (χ0v) is 9.23. The summed E-state index contributed by atoms with van der Waals surface area (Å²) in [6.45, 7) is 6.73. The molecule has 1 aliphatic rings. The Kier molecular flexibility index (Phi) is 9.09. The van der Waals surface area contributed by atoms with Gasteiger partial charge in [-0.2, -0.15) is 0 Å². The van der Waals surface area contributed by atoms with E-state index in [4.69, 9.17) is 0 Å². The average molecular weight is 170 g/mol. The minimum absolute atomic E-state index is 0.898. The van der Waals surface area contributed by atoms with Gasteiger partial charge in [0.1, 0.15) is 0 Å². The van der Waals surface area contributed by atoms with Crippen LogP contribution < -0.4 is 0 Å². The molecule has 1 aliphatic carbocycles. The Labute approximate surface area is 78.8 Å². The summed E-state index contributed by atoms with van der Waals surface area (Å²) < 4.78 is 0. The van der Waals surface area contributed by atoms with E-state index in [1.165, 1.54) is 51.4 Å². The Morgan fingerprint density at radius 1 is 0.833 bits per heavy atom. The lowest BCUT2D eigenvalue weighted by atomic mass is 10.0. The lowest BCUT2D eigenvalue weighted by Crippen LogP contribution is -1.85. The van der Waals surface area contributed by atoms with Crippen molar-refractivity contribution in [2.75, 3.05) is 0 Å². The number of rotatable bonds is 2. The molecule has 12 heavy (non-hydrogen) atoms. The molecule has 74 valence electrons. The van der Waals surface area contributed by atoms with Gasteiger partial charge in [-0.1, -0.05) is 72.1 Å². The monoisotopic (exact) mass is 170 g/mol. The third kappa shape index (κ3) is 10.0. The van der Waals surface area contributed by atoms with Crippen molar-refractivity contribution in [1.82, 2.24) is 0 Å². The molecule has 1 rings (SSSR count). The van der Waals surface area contributed by atoms with Crippen LogP contribution in [0.2, 0.25) is 0 Å². The van der Waals surface area contributed by atoms with Crippen LogP contribution in [0.3, 0.4) is 0 Å². The summed E-state index contributed by atoms with van der Waals surface area (Å²) >= 11 is 0. The molecule has 0 bridgehead atoms. The Bertz CT molecular complexity index is 58.6. The molecule has 0 saturated heterocycles. The molecule has 0 nitrogen and oxygen atoms in total. The van der Waals surface area contributed by atoms with Crippen LogP contribution in [0.1, 0.15) is 72.1 Å². The van der Waals surface area contributed by atoms with Gasteiger partial charge in [0.05, 0.1) is 0 Å². The predicted molar refractivity (Wildman–Crippen MR) is 57.4 cm³/mol. The second-order valence-electron chi connectivity index (χ2n) is 4.30. The Morgan fingerprint density at radius 2 is 1.17 bits per heavy atom. The molecule has 0 amide bonds. The van der Waals surface area contributed by atoms with E-state index in [0.29, 0.717) is 0 Å². The van der Waals surface area contributed by atoms with Crippen LogP contribution in [-0.2, 0) is 0 Å². The first kappa shape index (κ1) is 12.0. The molecule has 1 saturated carbocycles. The molecule has 0 aromatic heterocycles. The van der Waals surface area contributed by atoms with Crippen LogP contribution in [0.5, 0.6) is 0 Å². The first-order valence-electron chi connectivity index (χ1n) is 5.77. The summed E-state index contributed by atoms with van der Waals surface area (Å²) in [5.74, 6) is 0.898. The molecular weight excluding hydrogens is 144 g/mol. The second-order valence-corrected chi connectivity index (χ2v) is 4.30. The fraction of sp³-hybridized carbons (Fsp3) is 1.00. The molecule has 0 aromatic carbocycles. The summed E-state index contributed by atoms with van der Waals surface area (Å²) in [4.78, 5) is 0. The van der Waals surface area contributed by atoms with E-state index in [1.54, 1.807) is 0 Å². The fourth-order valence-electron chi connectivity index (χ4n) is 1.64. The van der Waals surface area contributed by atoms with Gasteiger partial charge in [0.15, 0.2) is 0 Å². The molecule has 0 unspecified atom stereocenters. The van der Waals surface area contributed by atoms with Crippen molar-refractivity contribution in [3.8, 4) is 0 Å². The maximum absolute atomic E-state index is 2.25. The van der Waals surface area contributed by atoms with Crippen molar-refractivity contribution in [3.63, 3.8) is 0 Å². The van der Waals surface area contributed by atoms with Gasteiger partial charge in [0, 0.05) is 0 Å². The molecule has 0 aromatic rings. The van der Waals surface area contributed by atoms with E-state index in [0.717, 1.165) is 5.92 Å². The quantitative estimate of drug-likeness (QED) is 0.559. The molecular formula is C12H26. The fourth-order valence-corrected chi connectivity index (χ4v) is 1.64. The molecule has 0 radical (unpaired) electrons. The van der Waals surface area contributed by atoms with Gasteiger partial charge in [-0.3, -0.25) is 0 Å². The van der Waals surface area contributed by atoms with Crippen molar-refractivity contribution in [2.24, 2.45) is 5.92 Å². The zero-order chi connectivity index (χ0) is 9.23. The van der Waals surface area contributed by atoms with Gasteiger partial charge in [-0.25, -0.2) is 0 Å². The summed E-state index contributed by atoms with van der Waals surface area (Å²) in [6.07, 6.45) is 11.7. The molecule has 0 N–H and O–H groups in total. The van der Waals surface area contributed by atoms with E-state index >= 15 is 0 Å². The molecule has 1 fully saturated rings. The van der Waals surface area contributed by atoms with Crippen molar-refractivity contribution in [3.05, 3.63) is 0 Å².